The topological polar surface area (TPSA) is 208 Å². The fraction of sp³-hybridized carbons (Fsp3) is 0.265. The molecular formula is C49H50N4O10. The van der Waals surface area contributed by atoms with Crippen molar-refractivity contribution in [3.63, 3.8) is 0 Å². The Morgan fingerprint density at radius 3 is 2.17 bits per heavy atom. The summed E-state index contributed by atoms with van der Waals surface area (Å²) in [7, 11) is 0. The average molecular weight is 855 g/mol. The predicted molar refractivity (Wildman–Crippen MR) is 234 cm³/mol. The molecule has 63 heavy (non-hydrogen) atoms. The number of ether oxygens (including phenoxy) is 5. The van der Waals surface area contributed by atoms with Crippen LogP contribution in [-0.2, 0) is 50.0 Å². The largest absolute Gasteiger partial charge is 0.489 e. The van der Waals surface area contributed by atoms with Crippen molar-refractivity contribution in [2.75, 3.05) is 6.61 Å². The third-order valence-corrected chi connectivity index (χ3v) is 9.77. The Labute approximate surface area is 365 Å². The molecule has 0 aliphatic carbocycles. The van der Waals surface area contributed by atoms with E-state index in [0.717, 1.165) is 11.1 Å². The van der Waals surface area contributed by atoms with Crippen molar-refractivity contribution in [2.45, 2.75) is 77.7 Å². The Balaban J connectivity index is 1.37. The first kappa shape index (κ1) is 45.1. The van der Waals surface area contributed by atoms with Gasteiger partial charge in [-0.3, -0.25) is 14.4 Å². The van der Waals surface area contributed by atoms with Gasteiger partial charge in [-0.05, 0) is 104 Å². The van der Waals surface area contributed by atoms with E-state index in [-0.39, 0.29) is 78.9 Å². The molecule has 5 aromatic rings. The molecule has 1 unspecified atom stereocenters. The number of guanidine groups is 1. The maximum Gasteiger partial charge on any atom is 0.343 e. The fourth-order valence-electron chi connectivity index (χ4n) is 6.84. The van der Waals surface area contributed by atoms with Crippen LogP contribution in [-0.4, -0.2) is 48.0 Å². The normalized spacial score (nSPS) is 12.8. The summed E-state index contributed by atoms with van der Waals surface area (Å²) in [6, 6.07) is 32.6. The Morgan fingerprint density at radius 2 is 1.49 bits per heavy atom. The summed E-state index contributed by atoms with van der Waals surface area (Å²) in [4.78, 5) is 73.0. The van der Waals surface area contributed by atoms with Crippen LogP contribution in [0.2, 0.25) is 0 Å². The highest BCUT2D eigenvalue weighted by Crippen LogP contribution is 2.40. The lowest BCUT2D eigenvalue weighted by molar-refractivity contribution is -0.148. The number of esters is 4. The zero-order chi connectivity index (χ0) is 44.9. The van der Waals surface area contributed by atoms with Crippen LogP contribution in [0.5, 0.6) is 11.5 Å². The van der Waals surface area contributed by atoms with Crippen molar-refractivity contribution >= 4 is 41.4 Å². The van der Waals surface area contributed by atoms with E-state index >= 15 is 0 Å². The Kier molecular flexibility index (Phi) is 14.9. The van der Waals surface area contributed by atoms with Crippen molar-refractivity contribution in [2.24, 2.45) is 16.5 Å². The SMILES string of the molecule is CC(C)(C)OC(=O)c1cccc(CNC(=O)c2c(C(CCC(=O)OCc3ccccc3)C(=O)OCc3ccccc3)ccc3c2OCCCc2cc(N=C(N)N)ccc2C(=O)O3)c1. The molecule has 0 bridgehead atoms. The van der Waals surface area contributed by atoms with Crippen LogP contribution < -0.4 is 26.3 Å². The van der Waals surface area contributed by atoms with Crippen LogP contribution in [0.25, 0.3) is 0 Å². The molecule has 0 aromatic heterocycles. The number of carbonyl (C=O) groups excluding carboxylic acids is 5. The van der Waals surface area contributed by atoms with Gasteiger partial charge in [0.15, 0.2) is 17.5 Å². The fourth-order valence-corrected chi connectivity index (χ4v) is 6.84. The second kappa shape index (κ2) is 20.9. The van der Waals surface area contributed by atoms with E-state index in [0.29, 0.717) is 29.7 Å². The average Bonchev–Trinajstić information content (AvgIpc) is 3.26. The van der Waals surface area contributed by atoms with Crippen molar-refractivity contribution in [3.8, 4) is 11.5 Å². The van der Waals surface area contributed by atoms with Gasteiger partial charge >= 0.3 is 23.9 Å². The first-order valence-electron chi connectivity index (χ1n) is 20.5. The van der Waals surface area contributed by atoms with E-state index in [1.807, 2.05) is 48.5 Å². The van der Waals surface area contributed by atoms with Gasteiger partial charge in [0.1, 0.15) is 18.8 Å². The minimum absolute atomic E-state index is 0.0301. The van der Waals surface area contributed by atoms with E-state index in [2.05, 4.69) is 10.3 Å². The summed E-state index contributed by atoms with van der Waals surface area (Å²) in [5, 5.41) is 2.90. The smallest absolute Gasteiger partial charge is 0.343 e. The molecule has 0 fully saturated rings. The lowest BCUT2D eigenvalue weighted by Crippen LogP contribution is -2.28. The number of hydrogen-bond acceptors (Lipinski definition) is 11. The van der Waals surface area contributed by atoms with Crippen LogP contribution >= 0.6 is 0 Å². The van der Waals surface area contributed by atoms with Gasteiger partial charge < -0.3 is 40.5 Å². The van der Waals surface area contributed by atoms with Gasteiger partial charge in [-0.15, -0.1) is 0 Å². The van der Waals surface area contributed by atoms with Crippen LogP contribution in [0.4, 0.5) is 5.69 Å². The third kappa shape index (κ3) is 12.8. The maximum absolute atomic E-state index is 14.7. The van der Waals surface area contributed by atoms with Crippen LogP contribution in [0.3, 0.4) is 0 Å². The number of benzene rings is 5. The molecule has 0 saturated carbocycles. The van der Waals surface area contributed by atoms with E-state index in [9.17, 15) is 24.0 Å². The van der Waals surface area contributed by atoms with E-state index < -0.39 is 41.3 Å². The number of fused-ring (bicyclic) bond motifs is 2. The van der Waals surface area contributed by atoms with Gasteiger partial charge in [-0.2, -0.15) is 0 Å². The van der Waals surface area contributed by atoms with Crippen molar-refractivity contribution in [3.05, 3.63) is 160 Å². The zero-order valence-electron chi connectivity index (χ0n) is 35.4. The summed E-state index contributed by atoms with van der Waals surface area (Å²) in [5.74, 6) is -4.73. The third-order valence-electron chi connectivity index (χ3n) is 9.77. The van der Waals surface area contributed by atoms with E-state index in [4.69, 9.17) is 35.2 Å². The predicted octanol–water partition coefficient (Wildman–Crippen LogP) is 7.37. The standard InChI is InChI=1S/C49H50N4O10/c1-49(2,3)63-45(56)35-17-10-16-33(26-35)28-52-44(55)42-38(21-23-40-43(42)59-25-11-18-34-27-36(53-48(50)51)19-20-37(34)47(58)62-40)39(46(57)61-30-32-14-8-5-9-15-32)22-24-41(54)60-29-31-12-6-4-7-13-31/h4-10,12-17,19-21,23,26-27,39H,11,18,22,24-25,28-30H2,1-3H3,(H,52,55)(H4,50,51,53). The molecule has 0 saturated heterocycles. The summed E-state index contributed by atoms with van der Waals surface area (Å²) in [6.07, 6.45) is 0.442. The highest BCUT2D eigenvalue weighted by molar-refractivity contribution is 6.02. The second-order valence-electron chi connectivity index (χ2n) is 15.8. The van der Waals surface area contributed by atoms with Crippen LogP contribution in [0.15, 0.2) is 120 Å². The van der Waals surface area contributed by atoms with Crippen LogP contribution in [0, 0.1) is 0 Å². The number of aliphatic imine (C=N–C) groups is 1. The number of carbonyl (C=O) groups is 5. The van der Waals surface area contributed by atoms with Gasteiger partial charge in [-0.1, -0.05) is 78.9 Å². The molecule has 1 aliphatic heterocycles. The molecule has 1 aliphatic rings. The molecule has 1 heterocycles. The molecule has 6 rings (SSSR count). The number of amides is 1. The van der Waals surface area contributed by atoms with Gasteiger partial charge in [0.2, 0.25) is 0 Å². The molecule has 5 aromatic carbocycles. The molecule has 0 spiro atoms. The summed E-state index contributed by atoms with van der Waals surface area (Å²) in [5.41, 5.74) is 14.2. The lowest BCUT2D eigenvalue weighted by Gasteiger charge is -2.24. The molecule has 0 radical (unpaired) electrons. The lowest BCUT2D eigenvalue weighted by atomic mass is 9.89. The Bertz CT molecular complexity index is 2480. The molecule has 5 N–H and O–H groups in total. The summed E-state index contributed by atoms with van der Waals surface area (Å²) >= 11 is 0. The number of rotatable bonds is 14. The molecule has 1 atom stereocenters. The quantitative estimate of drug-likeness (QED) is 0.0329. The summed E-state index contributed by atoms with van der Waals surface area (Å²) in [6.45, 7) is 5.26. The molecule has 14 nitrogen and oxygen atoms in total. The molecular weight excluding hydrogens is 805 g/mol. The monoisotopic (exact) mass is 854 g/mol. The van der Waals surface area contributed by atoms with Crippen LogP contribution in [0.1, 0.15) is 105 Å². The summed E-state index contributed by atoms with van der Waals surface area (Å²) < 4.78 is 29.2. The number of nitrogens with one attached hydrogen (secondary N) is 1. The molecule has 14 heteroatoms. The number of hydrogen-bond donors (Lipinski definition) is 3. The van der Waals surface area contributed by atoms with Gasteiger partial charge in [0.25, 0.3) is 5.91 Å². The van der Waals surface area contributed by atoms with Gasteiger partial charge in [0, 0.05) is 13.0 Å². The van der Waals surface area contributed by atoms with Gasteiger partial charge in [0.05, 0.1) is 34.9 Å². The van der Waals surface area contributed by atoms with Crippen molar-refractivity contribution in [1.82, 2.24) is 5.32 Å². The number of nitrogens with two attached hydrogens (primary N) is 2. The maximum atomic E-state index is 14.7. The minimum Gasteiger partial charge on any atom is -0.489 e. The van der Waals surface area contributed by atoms with Crippen molar-refractivity contribution < 1.29 is 47.7 Å². The second-order valence-corrected chi connectivity index (χ2v) is 15.8. The zero-order valence-corrected chi connectivity index (χ0v) is 35.4. The number of aryl methyl sites for hydroxylation is 1. The first-order chi connectivity index (χ1) is 30.2. The van der Waals surface area contributed by atoms with Gasteiger partial charge in [-0.25, -0.2) is 14.6 Å². The minimum atomic E-state index is -1.19. The number of nitrogens with zero attached hydrogens (tertiary/aromatic N) is 1. The molecule has 1 amide bonds. The highest BCUT2D eigenvalue weighted by Gasteiger charge is 2.33. The Morgan fingerprint density at radius 1 is 0.810 bits per heavy atom. The van der Waals surface area contributed by atoms with Crippen molar-refractivity contribution in [1.29, 1.82) is 0 Å². The highest BCUT2D eigenvalue weighted by atomic mass is 16.6. The molecule has 326 valence electrons. The first-order valence-corrected chi connectivity index (χ1v) is 20.5. The van der Waals surface area contributed by atoms with E-state index in [1.54, 1.807) is 75.4 Å². The van der Waals surface area contributed by atoms with E-state index in [1.165, 1.54) is 12.1 Å². The Hall–Kier alpha value is -7.48.